The van der Waals surface area contributed by atoms with Gasteiger partial charge in [-0.05, 0) is 53.9 Å². The monoisotopic (exact) mass is 601 g/mol. The average molecular weight is 602 g/mol. The average Bonchev–Trinajstić information content (AvgIpc) is 3.03. The molecule has 0 aliphatic rings. The number of halogens is 1. The van der Waals surface area contributed by atoms with Gasteiger partial charge < -0.3 is 10.2 Å². The van der Waals surface area contributed by atoms with E-state index in [9.17, 15) is 22.4 Å². The summed E-state index contributed by atoms with van der Waals surface area (Å²) in [6, 6.07) is 30.4. The number of nitrogens with one attached hydrogen (secondary N) is 1. The number of unbranched alkanes of at least 4 members (excludes halogenated alkanes) is 1. The standard InChI is InChI=1S/C34H36FN3O4S/c1-2-3-23-36-34(40)32(24-27-13-7-4-8-14-27)37(25-28-15-9-5-10-16-28)33(39)26-38(30-21-19-29(35)20-22-30)43(41,42)31-17-11-6-12-18-31/h4-22,32H,2-3,23-26H2,1H3,(H,36,40)/t32-/m1/s1. The van der Waals surface area contributed by atoms with Gasteiger partial charge in [0.25, 0.3) is 10.0 Å². The van der Waals surface area contributed by atoms with Gasteiger partial charge in [0.05, 0.1) is 10.6 Å². The first kappa shape index (κ1) is 31.4. The summed E-state index contributed by atoms with van der Waals surface area (Å²) in [5.41, 5.74) is 1.77. The first-order valence-electron chi connectivity index (χ1n) is 14.3. The summed E-state index contributed by atoms with van der Waals surface area (Å²) in [6.07, 6.45) is 1.91. The van der Waals surface area contributed by atoms with E-state index in [1.807, 2.05) is 67.6 Å². The lowest BCUT2D eigenvalue weighted by Crippen LogP contribution is -2.53. The molecule has 9 heteroatoms. The lowest BCUT2D eigenvalue weighted by molar-refractivity contribution is -0.140. The molecule has 4 rings (SSSR count). The minimum absolute atomic E-state index is 0.0140. The molecule has 0 saturated carbocycles. The number of hydrogen-bond donors (Lipinski definition) is 1. The zero-order chi connectivity index (χ0) is 30.7. The third-order valence-corrected chi connectivity index (χ3v) is 8.81. The Morgan fingerprint density at radius 2 is 1.35 bits per heavy atom. The van der Waals surface area contributed by atoms with Gasteiger partial charge in [0.15, 0.2) is 0 Å². The highest BCUT2D eigenvalue weighted by molar-refractivity contribution is 7.92. The molecule has 0 aliphatic carbocycles. The van der Waals surface area contributed by atoms with Crippen molar-refractivity contribution in [3.8, 4) is 0 Å². The Morgan fingerprint density at radius 1 is 0.791 bits per heavy atom. The fraction of sp³-hybridized carbons (Fsp3) is 0.235. The van der Waals surface area contributed by atoms with Crippen LogP contribution in [0.25, 0.3) is 0 Å². The van der Waals surface area contributed by atoms with Gasteiger partial charge in [-0.1, -0.05) is 92.2 Å². The zero-order valence-electron chi connectivity index (χ0n) is 24.1. The van der Waals surface area contributed by atoms with Crippen molar-refractivity contribution in [1.29, 1.82) is 0 Å². The summed E-state index contributed by atoms with van der Waals surface area (Å²) in [6.45, 7) is 1.97. The SMILES string of the molecule is CCCCNC(=O)[C@@H](Cc1ccccc1)N(Cc1ccccc1)C(=O)CN(c1ccc(F)cc1)S(=O)(=O)c1ccccc1. The van der Waals surface area contributed by atoms with Crippen molar-refractivity contribution in [2.45, 2.75) is 43.7 Å². The van der Waals surface area contributed by atoms with E-state index in [4.69, 9.17) is 0 Å². The Hall–Kier alpha value is -4.50. The number of carbonyl (C=O) groups is 2. The molecule has 1 atom stereocenters. The van der Waals surface area contributed by atoms with E-state index >= 15 is 0 Å². The van der Waals surface area contributed by atoms with Gasteiger partial charge in [0.2, 0.25) is 11.8 Å². The van der Waals surface area contributed by atoms with Crippen LogP contribution < -0.4 is 9.62 Å². The highest BCUT2D eigenvalue weighted by atomic mass is 32.2. The van der Waals surface area contributed by atoms with Crippen molar-refractivity contribution < 1.29 is 22.4 Å². The Balaban J connectivity index is 1.76. The summed E-state index contributed by atoms with van der Waals surface area (Å²) in [5.74, 6) is -1.43. The van der Waals surface area contributed by atoms with Crippen LogP contribution in [0.4, 0.5) is 10.1 Å². The normalized spacial score (nSPS) is 11.9. The molecule has 0 aliphatic heterocycles. The van der Waals surface area contributed by atoms with Gasteiger partial charge >= 0.3 is 0 Å². The highest BCUT2D eigenvalue weighted by Crippen LogP contribution is 2.25. The Morgan fingerprint density at radius 3 is 1.93 bits per heavy atom. The van der Waals surface area contributed by atoms with Gasteiger partial charge in [-0.3, -0.25) is 13.9 Å². The van der Waals surface area contributed by atoms with Crippen molar-refractivity contribution in [2.75, 3.05) is 17.4 Å². The van der Waals surface area contributed by atoms with Gasteiger partial charge in [-0.2, -0.15) is 0 Å². The number of anilines is 1. The molecule has 0 unspecified atom stereocenters. The second kappa shape index (κ2) is 15.1. The van der Waals surface area contributed by atoms with Crippen LogP contribution in [0, 0.1) is 5.82 Å². The molecule has 0 spiro atoms. The van der Waals surface area contributed by atoms with E-state index < -0.39 is 34.3 Å². The number of carbonyl (C=O) groups excluding carboxylic acids is 2. The van der Waals surface area contributed by atoms with Crippen LogP contribution in [-0.2, 0) is 32.6 Å². The van der Waals surface area contributed by atoms with Gasteiger partial charge in [0.1, 0.15) is 18.4 Å². The maximum atomic E-state index is 14.3. The number of rotatable bonds is 14. The summed E-state index contributed by atoms with van der Waals surface area (Å²) in [4.78, 5) is 29.4. The van der Waals surface area contributed by atoms with E-state index in [2.05, 4.69) is 5.32 Å². The molecule has 0 saturated heterocycles. The molecule has 4 aromatic carbocycles. The summed E-state index contributed by atoms with van der Waals surface area (Å²) < 4.78 is 42.6. The molecule has 2 amide bonds. The molecule has 0 bridgehead atoms. The molecule has 224 valence electrons. The molecular weight excluding hydrogens is 565 g/mol. The summed E-state index contributed by atoms with van der Waals surface area (Å²) in [5, 5.41) is 2.97. The molecular formula is C34H36FN3O4S. The molecule has 0 radical (unpaired) electrons. The number of benzene rings is 4. The highest BCUT2D eigenvalue weighted by Gasteiger charge is 2.34. The molecule has 4 aromatic rings. The first-order chi connectivity index (χ1) is 20.8. The van der Waals surface area contributed by atoms with Crippen molar-refractivity contribution in [3.63, 3.8) is 0 Å². The van der Waals surface area contributed by atoms with E-state index in [0.29, 0.717) is 6.54 Å². The zero-order valence-corrected chi connectivity index (χ0v) is 24.9. The molecule has 0 fully saturated rings. The number of hydrogen-bond acceptors (Lipinski definition) is 4. The fourth-order valence-corrected chi connectivity index (χ4v) is 6.13. The van der Waals surface area contributed by atoms with Gasteiger partial charge in [0, 0.05) is 19.5 Å². The molecule has 0 heterocycles. The van der Waals surface area contributed by atoms with Crippen LogP contribution in [-0.4, -0.2) is 44.3 Å². The fourth-order valence-electron chi connectivity index (χ4n) is 4.70. The predicted molar refractivity (Wildman–Crippen MR) is 166 cm³/mol. The van der Waals surface area contributed by atoms with E-state index in [1.165, 1.54) is 29.2 Å². The Kier molecular flexibility index (Phi) is 11.0. The van der Waals surface area contributed by atoms with E-state index in [1.54, 1.807) is 18.2 Å². The lowest BCUT2D eigenvalue weighted by Gasteiger charge is -2.34. The van der Waals surface area contributed by atoms with Crippen LogP contribution in [0.5, 0.6) is 0 Å². The summed E-state index contributed by atoms with van der Waals surface area (Å²) in [7, 11) is -4.23. The van der Waals surface area contributed by atoms with Crippen LogP contribution in [0.3, 0.4) is 0 Å². The topological polar surface area (TPSA) is 86.8 Å². The maximum Gasteiger partial charge on any atom is 0.264 e. The number of sulfonamides is 1. The molecule has 43 heavy (non-hydrogen) atoms. The second-order valence-corrected chi connectivity index (χ2v) is 12.0. The predicted octanol–water partition coefficient (Wildman–Crippen LogP) is 5.58. The lowest BCUT2D eigenvalue weighted by atomic mass is 10.0. The van der Waals surface area contributed by atoms with Gasteiger partial charge in [-0.25, -0.2) is 12.8 Å². The second-order valence-electron chi connectivity index (χ2n) is 10.2. The third-order valence-electron chi connectivity index (χ3n) is 7.02. The van der Waals surface area contributed by atoms with Crippen LogP contribution >= 0.6 is 0 Å². The van der Waals surface area contributed by atoms with Crippen LogP contribution in [0.2, 0.25) is 0 Å². The van der Waals surface area contributed by atoms with E-state index in [0.717, 1.165) is 40.4 Å². The Bertz CT molecular complexity index is 1570. The first-order valence-corrected chi connectivity index (χ1v) is 15.7. The number of nitrogens with zero attached hydrogens (tertiary/aromatic N) is 2. The summed E-state index contributed by atoms with van der Waals surface area (Å²) >= 11 is 0. The van der Waals surface area contributed by atoms with Crippen molar-refractivity contribution in [3.05, 3.63) is 132 Å². The molecule has 1 N–H and O–H groups in total. The minimum Gasteiger partial charge on any atom is -0.354 e. The number of amides is 2. The van der Waals surface area contributed by atoms with Crippen LogP contribution in [0.15, 0.2) is 120 Å². The largest absolute Gasteiger partial charge is 0.354 e. The Labute approximate surface area is 253 Å². The van der Waals surface area contributed by atoms with Crippen LogP contribution in [0.1, 0.15) is 30.9 Å². The smallest absolute Gasteiger partial charge is 0.264 e. The molecule has 7 nitrogen and oxygen atoms in total. The van der Waals surface area contributed by atoms with Crippen molar-refractivity contribution in [2.24, 2.45) is 0 Å². The third kappa shape index (κ3) is 8.51. The van der Waals surface area contributed by atoms with E-state index in [-0.39, 0.29) is 29.5 Å². The minimum atomic E-state index is -4.23. The maximum absolute atomic E-state index is 14.3. The van der Waals surface area contributed by atoms with Crippen molar-refractivity contribution in [1.82, 2.24) is 10.2 Å². The van der Waals surface area contributed by atoms with Crippen molar-refractivity contribution >= 4 is 27.5 Å². The quantitative estimate of drug-likeness (QED) is 0.191. The molecule has 0 aromatic heterocycles. The van der Waals surface area contributed by atoms with Gasteiger partial charge in [-0.15, -0.1) is 0 Å².